The minimum Gasteiger partial charge on any atom is -0.324 e. The van der Waals surface area contributed by atoms with E-state index in [4.69, 9.17) is 0 Å². The summed E-state index contributed by atoms with van der Waals surface area (Å²) in [4.78, 5) is 27.1. The highest BCUT2D eigenvalue weighted by Crippen LogP contribution is 2.37. The Morgan fingerprint density at radius 3 is 2.37 bits per heavy atom. The maximum atomic E-state index is 14.0. The molecule has 0 spiro atoms. The number of rotatable bonds is 4. The van der Waals surface area contributed by atoms with Crippen LogP contribution in [-0.2, 0) is 9.59 Å². The summed E-state index contributed by atoms with van der Waals surface area (Å²) >= 11 is 0. The fraction of sp³-hybridized carbons (Fsp3) is 0.333. The van der Waals surface area contributed by atoms with Crippen molar-refractivity contribution < 1.29 is 18.4 Å². The van der Waals surface area contributed by atoms with Crippen LogP contribution in [0.3, 0.4) is 0 Å². The molecule has 2 aromatic rings. The molecule has 1 heterocycles. The number of anilines is 1. The quantitative estimate of drug-likeness (QED) is 0.871. The maximum Gasteiger partial charge on any atom is 0.244 e. The predicted molar refractivity (Wildman–Crippen MR) is 99.1 cm³/mol. The molecule has 1 aliphatic heterocycles. The Hall–Kier alpha value is -2.76. The van der Waals surface area contributed by atoms with Crippen LogP contribution in [0, 0.1) is 17.6 Å². The fourth-order valence-corrected chi connectivity index (χ4v) is 3.56. The second kappa shape index (κ2) is 7.86. The molecule has 27 heavy (non-hydrogen) atoms. The molecule has 1 N–H and O–H groups in total. The molecule has 0 unspecified atom stereocenters. The Bertz CT molecular complexity index is 848. The highest BCUT2D eigenvalue weighted by atomic mass is 19.1. The van der Waals surface area contributed by atoms with E-state index < -0.39 is 17.7 Å². The Kier molecular flexibility index (Phi) is 5.54. The largest absolute Gasteiger partial charge is 0.324 e. The van der Waals surface area contributed by atoms with Gasteiger partial charge in [-0.2, -0.15) is 0 Å². The van der Waals surface area contributed by atoms with Crippen molar-refractivity contribution in [3.05, 3.63) is 65.2 Å². The first-order chi connectivity index (χ1) is 12.9. The zero-order valence-electron chi connectivity index (χ0n) is 15.3. The van der Waals surface area contributed by atoms with Gasteiger partial charge in [0.2, 0.25) is 11.8 Å². The number of carbonyl (C=O) groups is 2. The van der Waals surface area contributed by atoms with Crippen molar-refractivity contribution >= 4 is 17.5 Å². The van der Waals surface area contributed by atoms with E-state index in [1.54, 1.807) is 12.1 Å². The molecule has 0 aromatic heterocycles. The lowest BCUT2D eigenvalue weighted by molar-refractivity contribution is -0.140. The third-order valence-corrected chi connectivity index (χ3v) is 5.01. The van der Waals surface area contributed by atoms with Gasteiger partial charge in [0.1, 0.15) is 18.2 Å². The first-order valence-corrected chi connectivity index (χ1v) is 9.09. The van der Waals surface area contributed by atoms with Crippen molar-refractivity contribution in [2.75, 3.05) is 11.9 Å². The minimum atomic E-state index is -0.677. The zero-order chi connectivity index (χ0) is 19.6. The smallest absolute Gasteiger partial charge is 0.244 e. The first kappa shape index (κ1) is 19.0. The van der Waals surface area contributed by atoms with Gasteiger partial charge in [0.05, 0.1) is 6.04 Å². The molecule has 0 fully saturated rings. The summed E-state index contributed by atoms with van der Waals surface area (Å²) in [7, 11) is 0. The number of nitrogens with zero attached hydrogens (tertiary/aromatic N) is 1. The molecule has 1 aliphatic rings. The SMILES string of the molecule is CCC(CC)C(=O)N1CC(=O)Nc2ccc(F)cc2[C@H]1c1ccc(F)cc1. The van der Waals surface area contributed by atoms with Gasteiger partial charge in [-0.25, -0.2) is 8.78 Å². The van der Waals surface area contributed by atoms with Crippen LogP contribution in [0.5, 0.6) is 0 Å². The predicted octanol–water partition coefficient (Wildman–Crippen LogP) is 4.27. The van der Waals surface area contributed by atoms with Crippen molar-refractivity contribution in [3.8, 4) is 0 Å². The van der Waals surface area contributed by atoms with E-state index in [9.17, 15) is 18.4 Å². The number of amides is 2. The molecule has 0 saturated carbocycles. The van der Waals surface area contributed by atoms with E-state index in [2.05, 4.69) is 5.32 Å². The number of benzene rings is 2. The minimum absolute atomic E-state index is 0.145. The molecule has 6 heteroatoms. The van der Waals surface area contributed by atoms with E-state index >= 15 is 0 Å². The van der Waals surface area contributed by atoms with E-state index in [0.29, 0.717) is 29.7 Å². The average Bonchev–Trinajstić information content (AvgIpc) is 2.79. The van der Waals surface area contributed by atoms with E-state index in [1.165, 1.54) is 35.2 Å². The second-order valence-corrected chi connectivity index (χ2v) is 6.71. The Morgan fingerprint density at radius 1 is 1.11 bits per heavy atom. The normalized spacial score (nSPS) is 16.7. The van der Waals surface area contributed by atoms with Gasteiger partial charge in [0, 0.05) is 17.2 Å². The van der Waals surface area contributed by atoms with Gasteiger partial charge in [-0.1, -0.05) is 26.0 Å². The van der Waals surface area contributed by atoms with Crippen LogP contribution >= 0.6 is 0 Å². The zero-order valence-corrected chi connectivity index (χ0v) is 15.3. The van der Waals surface area contributed by atoms with Crippen LogP contribution in [-0.4, -0.2) is 23.3 Å². The summed E-state index contributed by atoms with van der Waals surface area (Å²) in [5, 5.41) is 2.75. The summed E-state index contributed by atoms with van der Waals surface area (Å²) in [6.07, 6.45) is 1.28. The molecule has 0 radical (unpaired) electrons. The van der Waals surface area contributed by atoms with Gasteiger partial charge in [-0.15, -0.1) is 0 Å². The Morgan fingerprint density at radius 2 is 1.74 bits per heavy atom. The van der Waals surface area contributed by atoms with Crippen molar-refractivity contribution in [3.63, 3.8) is 0 Å². The fourth-order valence-electron chi connectivity index (χ4n) is 3.56. The van der Waals surface area contributed by atoms with Crippen molar-refractivity contribution in [2.24, 2.45) is 5.92 Å². The van der Waals surface area contributed by atoms with Gasteiger partial charge >= 0.3 is 0 Å². The molecular formula is C21H22F2N2O2. The van der Waals surface area contributed by atoms with Gasteiger partial charge in [-0.3, -0.25) is 9.59 Å². The third-order valence-electron chi connectivity index (χ3n) is 5.01. The molecule has 0 saturated heterocycles. The number of carbonyl (C=O) groups excluding carboxylic acids is 2. The summed E-state index contributed by atoms with van der Waals surface area (Å²) in [5.74, 6) is -1.62. The molecule has 2 amide bonds. The maximum absolute atomic E-state index is 14.0. The molecule has 142 valence electrons. The average molecular weight is 372 g/mol. The molecule has 1 atom stereocenters. The van der Waals surface area contributed by atoms with Crippen LogP contribution in [0.2, 0.25) is 0 Å². The molecule has 0 aliphatic carbocycles. The van der Waals surface area contributed by atoms with E-state index in [1.807, 2.05) is 13.8 Å². The van der Waals surface area contributed by atoms with Gasteiger partial charge in [-0.05, 0) is 48.7 Å². The molecule has 2 aromatic carbocycles. The van der Waals surface area contributed by atoms with Crippen LogP contribution in [0.1, 0.15) is 43.9 Å². The molecule has 3 rings (SSSR count). The van der Waals surface area contributed by atoms with Crippen LogP contribution in [0.25, 0.3) is 0 Å². The number of halogens is 2. The third kappa shape index (κ3) is 3.84. The van der Waals surface area contributed by atoms with Crippen molar-refractivity contribution in [1.29, 1.82) is 0 Å². The summed E-state index contributed by atoms with van der Waals surface area (Å²) < 4.78 is 27.5. The van der Waals surface area contributed by atoms with Crippen LogP contribution in [0.4, 0.5) is 14.5 Å². The van der Waals surface area contributed by atoms with E-state index in [-0.39, 0.29) is 24.3 Å². The number of fused-ring (bicyclic) bond motifs is 1. The highest BCUT2D eigenvalue weighted by Gasteiger charge is 2.35. The number of hydrogen-bond donors (Lipinski definition) is 1. The Balaban J connectivity index is 2.18. The van der Waals surface area contributed by atoms with Gasteiger partial charge in [0.15, 0.2) is 0 Å². The van der Waals surface area contributed by atoms with Crippen molar-refractivity contribution in [1.82, 2.24) is 4.90 Å². The number of hydrogen-bond acceptors (Lipinski definition) is 2. The lowest BCUT2D eigenvalue weighted by Crippen LogP contribution is -2.42. The monoisotopic (exact) mass is 372 g/mol. The number of nitrogens with one attached hydrogen (secondary N) is 1. The van der Waals surface area contributed by atoms with Gasteiger partial charge in [0.25, 0.3) is 0 Å². The molecule has 4 nitrogen and oxygen atoms in total. The second-order valence-electron chi connectivity index (χ2n) is 6.71. The van der Waals surface area contributed by atoms with E-state index in [0.717, 1.165) is 0 Å². The summed E-state index contributed by atoms with van der Waals surface area (Å²) in [6.45, 7) is 3.70. The summed E-state index contributed by atoms with van der Waals surface area (Å²) in [5.41, 5.74) is 1.56. The topological polar surface area (TPSA) is 49.4 Å². The van der Waals surface area contributed by atoms with Gasteiger partial charge < -0.3 is 10.2 Å². The van der Waals surface area contributed by atoms with Crippen LogP contribution < -0.4 is 5.32 Å². The lowest BCUT2D eigenvalue weighted by Gasteiger charge is -2.33. The lowest BCUT2D eigenvalue weighted by atomic mass is 9.93. The standard InChI is InChI=1S/C21H22F2N2O2/c1-3-13(4-2)21(27)25-12-19(26)24-18-10-9-16(23)11-17(18)20(25)14-5-7-15(22)8-6-14/h5-11,13,20H,3-4,12H2,1-2H3,(H,24,26)/t20-/m1/s1. The highest BCUT2D eigenvalue weighted by molar-refractivity contribution is 5.97. The Labute approximate surface area is 157 Å². The molecular weight excluding hydrogens is 350 g/mol. The van der Waals surface area contributed by atoms with Crippen molar-refractivity contribution in [2.45, 2.75) is 32.7 Å². The van der Waals surface area contributed by atoms with Crippen LogP contribution in [0.15, 0.2) is 42.5 Å². The summed E-state index contributed by atoms with van der Waals surface area (Å²) in [6, 6.07) is 9.13. The first-order valence-electron chi connectivity index (χ1n) is 9.09. The molecule has 0 bridgehead atoms.